The maximum absolute atomic E-state index is 14.3. The molecule has 0 radical (unpaired) electrons. The first-order valence-corrected chi connectivity index (χ1v) is 17.6. The Morgan fingerprint density at radius 2 is 1.67 bits per heavy atom. The highest BCUT2D eigenvalue weighted by molar-refractivity contribution is 5.85. The topological polar surface area (TPSA) is 61.4 Å². The van der Waals surface area contributed by atoms with Gasteiger partial charge < -0.3 is 15.5 Å². The van der Waals surface area contributed by atoms with Gasteiger partial charge in [0.25, 0.3) is 0 Å². The van der Waals surface area contributed by atoms with Gasteiger partial charge in [0.05, 0.1) is 5.41 Å². The van der Waals surface area contributed by atoms with E-state index in [4.69, 9.17) is 0 Å². The molecule has 5 heteroatoms. The number of hydrogen-bond donors (Lipinski definition) is 2. The van der Waals surface area contributed by atoms with Crippen LogP contribution >= 0.6 is 0 Å². The molecule has 0 aromatic rings. The smallest absolute Gasteiger partial charge is 0.226 e. The fraction of sp³-hybridized carbons (Fsp3) is 0.892. The van der Waals surface area contributed by atoms with Crippen LogP contribution in [0.4, 0.5) is 0 Å². The van der Waals surface area contributed by atoms with Crippen LogP contribution in [0.25, 0.3) is 0 Å². The van der Waals surface area contributed by atoms with Crippen molar-refractivity contribution in [1.82, 2.24) is 15.5 Å². The van der Waals surface area contributed by atoms with E-state index in [2.05, 4.69) is 70.1 Å². The van der Waals surface area contributed by atoms with Crippen LogP contribution < -0.4 is 10.6 Å². The second-order valence-corrected chi connectivity index (χ2v) is 17.7. The summed E-state index contributed by atoms with van der Waals surface area (Å²) in [5.74, 6) is 2.26. The molecular formula is C37H61N3O2. The molecule has 5 aliphatic carbocycles. The summed E-state index contributed by atoms with van der Waals surface area (Å²) < 4.78 is 0. The van der Waals surface area contributed by atoms with E-state index in [1.807, 2.05) is 0 Å². The number of fused-ring (bicyclic) bond motifs is 7. The molecule has 6 rings (SSSR count). The van der Waals surface area contributed by atoms with Crippen LogP contribution in [0.1, 0.15) is 119 Å². The number of amides is 1. The van der Waals surface area contributed by atoms with Gasteiger partial charge in [-0.25, -0.2) is 0 Å². The molecule has 5 fully saturated rings. The summed E-state index contributed by atoms with van der Waals surface area (Å²) in [6.45, 7) is 23.4. The van der Waals surface area contributed by atoms with Crippen molar-refractivity contribution in [2.45, 2.75) is 119 Å². The average molecular weight is 580 g/mol. The van der Waals surface area contributed by atoms with Crippen molar-refractivity contribution in [3.8, 4) is 0 Å². The summed E-state index contributed by atoms with van der Waals surface area (Å²) in [6, 6.07) is 0. The first kappa shape index (κ1) is 30.8. The molecule has 4 saturated carbocycles. The lowest BCUT2D eigenvalue weighted by Gasteiger charge is -2.70. The molecular weight excluding hydrogens is 518 g/mol. The summed E-state index contributed by atoms with van der Waals surface area (Å²) in [5.41, 5.74) is 2.00. The first-order valence-electron chi connectivity index (χ1n) is 17.6. The molecule has 0 spiro atoms. The van der Waals surface area contributed by atoms with Gasteiger partial charge in [-0.1, -0.05) is 60.1 Å². The molecule has 0 aromatic heterocycles. The third kappa shape index (κ3) is 4.52. The summed E-state index contributed by atoms with van der Waals surface area (Å²) in [4.78, 5) is 29.9. The summed E-state index contributed by atoms with van der Waals surface area (Å²) >= 11 is 0. The van der Waals surface area contributed by atoms with Gasteiger partial charge >= 0.3 is 0 Å². The Kier molecular flexibility index (Phi) is 7.65. The zero-order valence-corrected chi connectivity index (χ0v) is 28.1. The molecule has 1 unspecified atom stereocenters. The molecule has 0 bridgehead atoms. The number of nitrogens with one attached hydrogen (secondary N) is 2. The summed E-state index contributed by atoms with van der Waals surface area (Å²) in [7, 11) is 0. The van der Waals surface area contributed by atoms with Gasteiger partial charge in [0.1, 0.15) is 5.78 Å². The van der Waals surface area contributed by atoms with Crippen molar-refractivity contribution < 1.29 is 9.59 Å². The number of allylic oxidation sites excluding steroid dienone is 2. The van der Waals surface area contributed by atoms with Crippen molar-refractivity contribution in [2.75, 3.05) is 39.3 Å². The molecule has 1 heterocycles. The monoisotopic (exact) mass is 579 g/mol. The normalized spacial score (nSPS) is 44.6. The van der Waals surface area contributed by atoms with Gasteiger partial charge in [-0.3, -0.25) is 9.59 Å². The number of Topliss-reactive ketones (excluding diaryl/α,β-unsaturated/α-hetero) is 1. The van der Waals surface area contributed by atoms with E-state index in [1.54, 1.807) is 5.57 Å². The number of hydrogen-bond acceptors (Lipinski definition) is 4. The Bertz CT molecular complexity index is 1120. The average Bonchev–Trinajstić information content (AvgIpc) is 2.94. The molecule has 7 atom stereocenters. The zero-order chi connectivity index (χ0) is 30.2. The molecule has 2 N–H and O–H groups in total. The number of rotatable bonds is 5. The highest BCUT2D eigenvalue weighted by atomic mass is 16.2. The largest absolute Gasteiger partial charge is 0.356 e. The van der Waals surface area contributed by atoms with Gasteiger partial charge in [0, 0.05) is 44.6 Å². The van der Waals surface area contributed by atoms with Crippen LogP contribution in [-0.2, 0) is 9.59 Å². The van der Waals surface area contributed by atoms with Crippen LogP contribution in [-0.4, -0.2) is 55.9 Å². The van der Waals surface area contributed by atoms with E-state index in [0.29, 0.717) is 29.4 Å². The Morgan fingerprint density at radius 1 is 0.952 bits per heavy atom. The number of carbonyl (C=O) groups is 2. The lowest BCUT2D eigenvalue weighted by molar-refractivity contribution is -0.186. The Balaban J connectivity index is 1.27. The third-order valence-electron chi connectivity index (χ3n) is 15.0. The van der Waals surface area contributed by atoms with Crippen LogP contribution in [0.15, 0.2) is 11.6 Å². The van der Waals surface area contributed by atoms with Crippen LogP contribution in [0.5, 0.6) is 0 Å². The Labute approximate surface area is 256 Å². The number of ketones is 1. The van der Waals surface area contributed by atoms with E-state index in [9.17, 15) is 9.59 Å². The van der Waals surface area contributed by atoms with Crippen molar-refractivity contribution in [2.24, 2.45) is 50.2 Å². The number of nitrogens with zero attached hydrogens (tertiary/aromatic N) is 1. The quantitative estimate of drug-likeness (QED) is 0.279. The fourth-order valence-electron chi connectivity index (χ4n) is 12.1. The molecule has 1 aliphatic heterocycles. The minimum Gasteiger partial charge on any atom is -0.356 e. The van der Waals surface area contributed by atoms with Gasteiger partial charge in [-0.15, -0.1) is 0 Å². The van der Waals surface area contributed by atoms with E-state index < -0.39 is 0 Å². The van der Waals surface area contributed by atoms with Gasteiger partial charge in [0.15, 0.2) is 0 Å². The highest BCUT2D eigenvalue weighted by Crippen LogP contribution is 2.75. The Morgan fingerprint density at radius 3 is 2.40 bits per heavy atom. The summed E-state index contributed by atoms with van der Waals surface area (Å²) in [5, 5.41) is 6.94. The third-order valence-corrected chi connectivity index (χ3v) is 15.0. The van der Waals surface area contributed by atoms with E-state index in [-0.39, 0.29) is 32.5 Å². The first-order chi connectivity index (χ1) is 19.7. The predicted molar refractivity (Wildman–Crippen MR) is 171 cm³/mol. The molecule has 6 aliphatic rings. The molecule has 1 saturated heterocycles. The second-order valence-electron chi connectivity index (χ2n) is 17.7. The zero-order valence-electron chi connectivity index (χ0n) is 28.1. The van der Waals surface area contributed by atoms with Crippen LogP contribution in [0.2, 0.25) is 0 Å². The van der Waals surface area contributed by atoms with Crippen LogP contribution in [0, 0.1) is 50.2 Å². The van der Waals surface area contributed by atoms with Gasteiger partial charge in [-0.2, -0.15) is 0 Å². The summed E-state index contributed by atoms with van der Waals surface area (Å²) in [6.07, 6.45) is 14.5. The molecule has 1 amide bonds. The molecule has 236 valence electrons. The maximum Gasteiger partial charge on any atom is 0.226 e. The minimum atomic E-state index is -0.251. The maximum atomic E-state index is 14.3. The minimum absolute atomic E-state index is 0.125. The molecule has 42 heavy (non-hydrogen) atoms. The Hall–Kier alpha value is -1.20. The van der Waals surface area contributed by atoms with E-state index >= 15 is 0 Å². The van der Waals surface area contributed by atoms with E-state index in [1.165, 1.54) is 12.8 Å². The van der Waals surface area contributed by atoms with Crippen molar-refractivity contribution in [3.63, 3.8) is 0 Å². The van der Waals surface area contributed by atoms with Crippen molar-refractivity contribution in [3.05, 3.63) is 11.6 Å². The van der Waals surface area contributed by atoms with Crippen molar-refractivity contribution in [1.29, 1.82) is 0 Å². The van der Waals surface area contributed by atoms with Crippen molar-refractivity contribution >= 4 is 11.7 Å². The molecule has 5 nitrogen and oxygen atoms in total. The van der Waals surface area contributed by atoms with Crippen LogP contribution in [0.3, 0.4) is 0 Å². The lowest BCUT2D eigenvalue weighted by Crippen LogP contribution is -2.65. The fourth-order valence-corrected chi connectivity index (χ4v) is 12.1. The lowest BCUT2D eigenvalue weighted by atomic mass is 9.33. The standard InChI is InChI=1S/C37H61N3O2/c1-32(2)15-17-37(31(42)39-19-8-22-40-23-20-38-21-24-40)18-16-35(6)26(27(37)25-32)9-10-29-34(5)13-12-30(41)33(3,4)28(34)11-14-36(29,35)7/h9,27-29,38H,8,10-25H2,1-7H3,(H,39,42)/t27?,28-,29+,34-,35+,36+,37-/m0/s1. The number of carbonyl (C=O) groups excluding carboxylic acids is 2. The molecule has 0 aromatic carbocycles. The SMILES string of the molecule is CC1(C)CC[C@]2(C(=O)NCCCN3CCNCC3)CC[C@]3(C)C(=CC[C@@H]4[C@@]5(C)CCC(=O)C(C)(C)[C@@H]5CC[C@]43C)C2C1. The number of piperazine rings is 1. The van der Waals surface area contributed by atoms with Gasteiger partial charge in [-0.05, 0) is 110 Å². The highest BCUT2D eigenvalue weighted by Gasteiger charge is 2.69. The second kappa shape index (κ2) is 10.4. The van der Waals surface area contributed by atoms with E-state index in [0.717, 1.165) is 97.1 Å². The van der Waals surface area contributed by atoms with Gasteiger partial charge in [0.2, 0.25) is 5.91 Å². The predicted octanol–water partition coefficient (Wildman–Crippen LogP) is 6.77.